The van der Waals surface area contributed by atoms with E-state index in [-0.39, 0.29) is 0 Å². The van der Waals surface area contributed by atoms with Crippen LogP contribution in [0.3, 0.4) is 0 Å². The second-order valence-electron chi connectivity index (χ2n) is 4.95. The minimum atomic E-state index is -0.447. The van der Waals surface area contributed by atoms with Crippen LogP contribution in [-0.4, -0.2) is 25.5 Å². The first-order valence-corrected chi connectivity index (χ1v) is 12.0. The molecule has 6 aliphatic rings. The molecule has 0 saturated carbocycles. The van der Waals surface area contributed by atoms with Crippen LogP contribution in [-0.2, 0) is 0 Å². The molecular formula is C12H16AsP. The van der Waals surface area contributed by atoms with E-state index >= 15 is 0 Å². The number of hydrogen-bond donors (Lipinski definition) is 0. The van der Waals surface area contributed by atoms with Gasteiger partial charge in [0.05, 0.1) is 0 Å². The van der Waals surface area contributed by atoms with Gasteiger partial charge in [0.15, 0.2) is 0 Å². The molecule has 0 nitrogen and oxygen atoms in total. The molecule has 0 spiro atoms. The molecule has 4 bridgehead atoms. The molecule has 4 aliphatic heterocycles. The minimum absolute atomic E-state index is 0.447. The summed E-state index contributed by atoms with van der Waals surface area (Å²) in [5, 5.41) is 0. The third-order valence-electron chi connectivity index (χ3n) is 4.25. The predicted octanol–water partition coefficient (Wildman–Crippen LogP) is 3.66. The normalized spacial score (nSPS) is 57.7. The second-order valence-corrected chi connectivity index (χ2v) is 16.7. The van der Waals surface area contributed by atoms with Gasteiger partial charge in [0.2, 0.25) is 0 Å². The summed E-state index contributed by atoms with van der Waals surface area (Å²) in [5.74, 6) is 0. The fourth-order valence-electron chi connectivity index (χ4n) is 3.64. The van der Waals surface area contributed by atoms with Crippen LogP contribution in [0, 0.1) is 0 Å². The number of allylic oxidation sites excluding steroid dienone is 4. The van der Waals surface area contributed by atoms with Crippen LogP contribution in [0.2, 0.25) is 9.41 Å². The van der Waals surface area contributed by atoms with E-state index in [0.717, 1.165) is 20.7 Å². The van der Waals surface area contributed by atoms with Crippen LogP contribution < -0.4 is 0 Å². The van der Waals surface area contributed by atoms with E-state index in [0.29, 0.717) is 6.48 Å². The fourth-order valence-corrected chi connectivity index (χ4v) is 23.9. The monoisotopic (exact) mass is 266 g/mol. The molecule has 2 heteroatoms. The van der Waals surface area contributed by atoms with Crippen LogP contribution in [0.25, 0.3) is 0 Å². The summed E-state index contributed by atoms with van der Waals surface area (Å²) < 4.78 is 2.24. The molecule has 0 aromatic heterocycles. The van der Waals surface area contributed by atoms with Gasteiger partial charge in [-0.3, -0.25) is 0 Å². The first-order chi connectivity index (χ1) is 6.93. The van der Waals surface area contributed by atoms with Gasteiger partial charge in [0, 0.05) is 0 Å². The summed E-state index contributed by atoms with van der Waals surface area (Å²) in [6, 6.07) is 0. The van der Waals surface area contributed by atoms with Gasteiger partial charge >= 0.3 is 91.4 Å². The Morgan fingerprint density at radius 1 is 0.786 bits per heavy atom. The van der Waals surface area contributed by atoms with Gasteiger partial charge < -0.3 is 0 Å². The molecule has 4 atom stereocenters. The molecule has 0 N–H and O–H groups in total. The number of hydrogen-bond acceptors (Lipinski definition) is 0. The zero-order valence-corrected chi connectivity index (χ0v) is 11.1. The standard InChI is InChI=1S/C12H16AsP/c1-5-11-6-2-9(1)13-10-3-7-12(8-4-10)14(11)13/h1,3,5,7,9-12H,2,4,6,8H2. The average molecular weight is 266 g/mol. The van der Waals surface area contributed by atoms with Crippen LogP contribution in [0.5, 0.6) is 0 Å². The first-order valence-electron chi connectivity index (χ1n) is 5.87. The molecule has 6 rings (SSSR count). The summed E-state index contributed by atoms with van der Waals surface area (Å²) in [7, 11) is 0. The Morgan fingerprint density at radius 2 is 1.36 bits per heavy atom. The zero-order valence-electron chi connectivity index (χ0n) is 8.34. The van der Waals surface area contributed by atoms with E-state index < -0.39 is 14.2 Å². The van der Waals surface area contributed by atoms with Crippen molar-refractivity contribution in [1.82, 2.24) is 0 Å². The van der Waals surface area contributed by atoms with Crippen molar-refractivity contribution in [1.29, 1.82) is 0 Å². The third kappa shape index (κ3) is 1.00. The van der Waals surface area contributed by atoms with E-state index in [1.54, 1.807) is 25.7 Å². The molecule has 0 aromatic carbocycles. The molecular weight excluding hydrogens is 250 g/mol. The maximum absolute atomic E-state index is 2.63. The Balaban J connectivity index is 1.82. The Morgan fingerprint density at radius 3 is 1.71 bits per heavy atom. The molecule has 4 heterocycles. The Kier molecular flexibility index (Phi) is 1.84. The van der Waals surface area contributed by atoms with Crippen LogP contribution >= 0.6 is 6.48 Å². The molecule has 2 aliphatic carbocycles. The molecule has 2 fully saturated rings. The van der Waals surface area contributed by atoms with E-state index in [2.05, 4.69) is 24.3 Å². The summed E-state index contributed by atoms with van der Waals surface area (Å²) in [6.07, 6.45) is 16.7. The van der Waals surface area contributed by atoms with Crippen molar-refractivity contribution in [3.8, 4) is 0 Å². The molecule has 74 valence electrons. The Labute approximate surface area is 91.4 Å². The SMILES string of the molecule is C1=CC2CCC1P1C3C=CC(CC3)[As]21. The molecule has 14 heavy (non-hydrogen) atoms. The number of rotatable bonds is 0. The molecule has 0 aromatic rings. The van der Waals surface area contributed by atoms with Crippen LogP contribution in [0.4, 0.5) is 0 Å². The molecule has 2 saturated heterocycles. The Bertz CT molecular complexity index is 262. The fraction of sp³-hybridized carbons (Fsp3) is 0.667. The van der Waals surface area contributed by atoms with Gasteiger partial charge in [-0.1, -0.05) is 0 Å². The van der Waals surface area contributed by atoms with E-state index in [9.17, 15) is 0 Å². The van der Waals surface area contributed by atoms with Crippen molar-refractivity contribution in [2.45, 2.75) is 46.4 Å². The predicted molar refractivity (Wildman–Crippen MR) is 64.5 cm³/mol. The quantitative estimate of drug-likeness (QED) is 0.356. The van der Waals surface area contributed by atoms with E-state index in [1.165, 1.54) is 0 Å². The molecule has 4 unspecified atom stereocenters. The third-order valence-corrected chi connectivity index (χ3v) is 21.8. The summed E-state index contributed by atoms with van der Waals surface area (Å²) in [5.41, 5.74) is 2.15. The second kappa shape index (κ2) is 2.99. The maximum atomic E-state index is 2.63. The van der Waals surface area contributed by atoms with Crippen LogP contribution in [0.1, 0.15) is 25.7 Å². The molecule has 0 amide bonds. The summed E-state index contributed by atoms with van der Waals surface area (Å²) >= 11 is -0.447. The first kappa shape index (κ1) is 8.60. The van der Waals surface area contributed by atoms with Gasteiger partial charge in [-0.05, 0) is 0 Å². The molecule has 0 radical (unpaired) electrons. The van der Waals surface area contributed by atoms with Crippen LogP contribution in [0.15, 0.2) is 24.3 Å². The summed E-state index contributed by atoms with van der Waals surface area (Å²) in [4.78, 5) is 0. The van der Waals surface area contributed by atoms with Gasteiger partial charge in [-0.2, -0.15) is 0 Å². The van der Waals surface area contributed by atoms with Gasteiger partial charge in [-0.25, -0.2) is 0 Å². The van der Waals surface area contributed by atoms with Gasteiger partial charge in [0.1, 0.15) is 0 Å². The average Bonchev–Trinajstić information content (AvgIpc) is 2.32. The van der Waals surface area contributed by atoms with Crippen molar-refractivity contribution < 1.29 is 0 Å². The zero-order chi connectivity index (χ0) is 9.12. The topological polar surface area (TPSA) is 0 Å². The van der Waals surface area contributed by atoms with Crippen molar-refractivity contribution in [3.63, 3.8) is 0 Å². The Hall–Kier alpha value is 0.468. The van der Waals surface area contributed by atoms with Crippen molar-refractivity contribution in [2.24, 2.45) is 0 Å². The van der Waals surface area contributed by atoms with Crippen molar-refractivity contribution in [2.75, 3.05) is 0 Å². The van der Waals surface area contributed by atoms with E-state index in [4.69, 9.17) is 0 Å². The number of fused-ring (bicyclic) bond motifs is 2. The van der Waals surface area contributed by atoms with E-state index in [1.807, 2.05) is 0 Å². The van der Waals surface area contributed by atoms with Crippen molar-refractivity contribution in [3.05, 3.63) is 24.3 Å². The van der Waals surface area contributed by atoms with Gasteiger partial charge in [-0.15, -0.1) is 0 Å². The summed E-state index contributed by atoms with van der Waals surface area (Å²) in [6.45, 7) is 0.498. The van der Waals surface area contributed by atoms with Crippen molar-refractivity contribution >= 4 is 20.7 Å². The van der Waals surface area contributed by atoms with Gasteiger partial charge in [0.25, 0.3) is 0 Å².